The maximum absolute atomic E-state index is 14.0. The number of aromatic nitrogens is 1. The van der Waals surface area contributed by atoms with Gasteiger partial charge in [0.2, 0.25) is 0 Å². The van der Waals surface area contributed by atoms with Crippen molar-refractivity contribution in [1.29, 1.82) is 0 Å². The third kappa shape index (κ3) is 5.50. The molecule has 0 radical (unpaired) electrons. The molecule has 220 valence electrons. The van der Waals surface area contributed by atoms with Crippen molar-refractivity contribution in [3.63, 3.8) is 0 Å². The average molecular weight is 606 g/mol. The summed E-state index contributed by atoms with van der Waals surface area (Å²) in [4.78, 5) is 44.6. The zero-order valence-corrected chi connectivity index (χ0v) is 24.6. The van der Waals surface area contributed by atoms with E-state index in [0.717, 1.165) is 5.56 Å². The smallest absolute Gasteiger partial charge is 0.336 e. The number of anilines is 1. The van der Waals surface area contributed by atoms with Crippen molar-refractivity contribution in [3.05, 3.63) is 139 Å². The molecule has 9 nitrogen and oxygen atoms in total. The van der Waals surface area contributed by atoms with Gasteiger partial charge in [0.1, 0.15) is 17.3 Å². The SMILES string of the molecule is CCOc1ccc([C@H]2C(C(=O)Nc3ccccc3)=C(C)N=c3s/c(=C\c4ccc(-c5ccccc5C(=O)O)o4)c(=O)n32)cc1. The fourth-order valence-electron chi connectivity index (χ4n) is 5.15. The van der Waals surface area contributed by atoms with Gasteiger partial charge in [-0.3, -0.25) is 14.2 Å². The fourth-order valence-corrected chi connectivity index (χ4v) is 6.18. The molecule has 1 atom stereocenters. The lowest BCUT2D eigenvalue weighted by molar-refractivity contribution is -0.113. The zero-order valence-electron chi connectivity index (χ0n) is 23.8. The second kappa shape index (κ2) is 12.0. The Kier molecular flexibility index (Phi) is 7.82. The summed E-state index contributed by atoms with van der Waals surface area (Å²) >= 11 is 1.18. The van der Waals surface area contributed by atoms with Crippen LogP contribution in [-0.2, 0) is 4.79 Å². The molecule has 3 heterocycles. The number of ether oxygens (including phenoxy) is 1. The van der Waals surface area contributed by atoms with Crippen LogP contribution in [0.2, 0.25) is 0 Å². The third-order valence-electron chi connectivity index (χ3n) is 7.13. The number of benzene rings is 3. The van der Waals surface area contributed by atoms with E-state index in [1.807, 2.05) is 49.4 Å². The van der Waals surface area contributed by atoms with E-state index in [4.69, 9.17) is 9.15 Å². The third-order valence-corrected chi connectivity index (χ3v) is 8.11. The van der Waals surface area contributed by atoms with Crippen LogP contribution < -0.4 is 24.9 Å². The summed E-state index contributed by atoms with van der Waals surface area (Å²) in [6.45, 7) is 4.17. The monoisotopic (exact) mass is 605 g/mol. The molecule has 3 aromatic carbocycles. The minimum Gasteiger partial charge on any atom is -0.494 e. The zero-order chi connectivity index (χ0) is 30.8. The van der Waals surface area contributed by atoms with Crippen molar-refractivity contribution in [1.82, 2.24) is 4.57 Å². The van der Waals surface area contributed by atoms with Crippen LogP contribution in [-0.4, -0.2) is 28.2 Å². The number of aromatic carboxylic acids is 1. The van der Waals surface area contributed by atoms with Gasteiger partial charge in [-0.15, -0.1) is 0 Å². The summed E-state index contributed by atoms with van der Waals surface area (Å²) in [6, 6.07) is 25.6. The molecule has 0 spiro atoms. The Balaban J connectivity index is 1.45. The number of carboxylic acids is 1. The Morgan fingerprint density at radius 1 is 1.02 bits per heavy atom. The van der Waals surface area contributed by atoms with E-state index in [9.17, 15) is 19.5 Å². The van der Waals surface area contributed by atoms with Crippen LogP contribution >= 0.6 is 11.3 Å². The first kappa shape index (κ1) is 28.6. The molecular weight excluding hydrogens is 578 g/mol. The van der Waals surface area contributed by atoms with Gasteiger partial charge in [0.25, 0.3) is 11.5 Å². The van der Waals surface area contributed by atoms with E-state index in [0.29, 0.717) is 55.7 Å². The fraction of sp³-hybridized carbons (Fsp3) is 0.118. The van der Waals surface area contributed by atoms with Crippen molar-refractivity contribution in [2.24, 2.45) is 4.99 Å². The number of nitrogens with one attached hydrogen (secondary N) is 1. The lowest BCUT2D eigenvalue weighted by Gasteiger charge is -2.25. The molecule has 6 rings (SSSR count). The molecule has 1 aliphatic heterocycles. The van der Waals surface area contributed by atoms with Crippen LogP contribution in [0.25, 0.3) is 17.4 Å². The highest BCUT2D eigenvalue weighted by atomic mass is 32.1. The number of furan rings is 1. The Hall–Kier alpha value is -5.48. The van der Waals surface area contributed by atoms with Crippen LogP contribution in [0.15, 0.2) is 116 Å². The molecule has 10 heteroatoms. The number of carboxylic acid groups (broad SMARTS) is 1. The maximum atomic E-state index is 14.0. The number of hydrogen-bond donors (Lipinski definition) is 2. The minimum absolute atomic E-state index is 0.111. The van der Waals surface area contributed by atoms with Crippen molar-refractivity contribution in [2.45, 2.75) is 19.9 Å². The predicted molar refractivity (Wildman–Crippen MR) is 168 cm³/mol. The quantitative estimate of drug-likeness (QED) is 0.250. The molecule has 0 saturated carbocycles. The van der Waals surface area contributed by atoms with E-state index in [2.05, 4.69) is 10.3 Å². The molecule has 2 aromatic heterocycles. The van der Waals surface area contributed by atoms with Gasteiger partial charge in [-0.2, -0.15) is 0 Å². The molecule has 1 amide bonds. The number of thiazole rings is 1. The second-order valence-electron chi connectivity index (χ2n) is 9.96. The number of hydrogen-bond acceptors (Lipinski definition) is 7. The molecule has 0 unspecified atom stereocenters. The van der Waals surface area contributed by atoms with Gasteiger partial charge in [0.05, 0.1) is 34.0 Å². The van der Waals surface area contributed by atoms with Crippen LogP contribution in [0.4, 0.5) is 5.69 Å². The molecule has 0 aliphatic carbocycles. The highest BCUT2D eigenvalue weighted by molar-refractivity contribution is 7.07. The summed E-state index contributed by atoms with van der Waals surface area (Å²) in [7, 11) is 0. The Morgan fingerprint density at radius 2 is 1.75 bits per heavy atom. The summed E-state index contributed by atoms with van der Waals surface area (Å²) in [5.41, 5.74) is 2.39. The van der Waals surface area contributed by atoms with E-state index < -0.39 is 12.0 Å². The maximum Gasteiger partial charge on any atom is 0.336 e. The van der Waals surface area contributed by atoms with Crippen molar-refractivity contribution >= 4 is 35.0 Å². The first-order chi connectivity index (χ1) is 21.3. The Morgan fingerprint density at radius 3 is 2.48 bits per heavy atom. The first-order valence-electron chi connectivity index (χ1n) is 13.9. The van der Waals surface area contributed by atoms with Gasteiger partial charge >= 0.3 is 5.97 Å². The van der Waals surface area contributed by atoms with Crippen molar-refractivity contribution < 1.29 is 23.8 Å². The molecule has 5 aromatic rings. The topological polar surface area (TPSA) is 123 Å². The first-order valence-corrected chi connectivity index (χ1v) is 14.7. The van der Waals surface area contributed by atoms with Crippen LogP contribution in [0.3, 0.4) is 0 Å². The minimum atomic E-state index is -1.07. The van der Waals surface area contributed by atoms with E-state index in [1.54, 1.807) is 55.5 Å². The van der Waals surface area contributed by atoms with E-state index in [-0.39, 0.29) is 17.0 Å². The van der Waals surface area contributed by atoms with Gasteiger partial charge < -0.3 is 19.6 Å². The van der Waals surface area contributed by atoms with Gasteiger partial charge in [0.15, 0.2) is 4.80 Å². The molecule has 2 N–H and O–H groups in total. The number of nitrogens with zero attached hydrogens (tertiary/aromatic N) is 2. The Labute approximate surface area is 255 Å². The van der Waals surface area contributed by atoms with Gasteiger partial charge in [0, 0.05) is 17.3 Å². The van der Waals surface area contributed by atoms with Crippen LogP contribution in [0, 0.1) is 0 Å². The summed E-state index contributed by atoms with van der Waals surface area (Å²) in [5.74, 6) is -0.00872. The normalized spacial score (nSPS) is 14.6. The number of allylic oxidation sites excluding steroid dienone is 1. The van der Waals surface area contributed by atoms with Gasteiger partial charge in [-0.1, -0.05) is 59.9 Å². The van der Waals surface area contributed by atoms with Crippen LogP contribution in [0.1, 0.15) is 41.6 Å². The summed E-state index contributed by atoms with van der Waals surface area (Å²) < 4.78 is 13.5. The summed E-state index contributed by atoms with van der Waals surface area (Å²) in [6.07, 6.45) is 1.61. The number of carbonyl (C=O) groups is 2. The number of carbonyl (C=O) groups excluding carboxylic acids is 1. The molecule has 1 aliphatic rings. The van der Waals surface area contributed by atoms with Crippen molar-refractivity contribution in [3.8, 4) is 17.1 Å². The van der Waals surface area contributed by atoms with E-state index >= 15 is 0 Å². The highest BCUT2D eigenvalue weighted by Gasteiger charge is 2.32. The van der Waals surface area contributed by atoms with Crippen molar-refractivity contribution in [2.75, 3.05) is 11.9 Å². The molecule has 44 heavy (non-hydrogen) atoms. The number of para-hydroxylation sites is 1. The molecule has 0 bridgehead atoms. The standard InChI is InChI=1S/C34H27N3O6S/c1-3-42-23-15-13-21(14-16-23)30-29(31(38)36-22-9-5-4-6-10-22)20(2)35-34-37(30)32(39)28(44-34)19-24-17-18-27(43-24)25-11-7-8-12-26(25)33(40)41/h4-19,30H,3H2,1-2H3,(H,36,38)(H,40,41)/b28-19-/t30-/m0/s1. The molecule has 0 fully saturated rings. The van der Waals surface area contributed by atoms with E-state index in [1.165, 1.54) is 22.0 Å². The lowest BCUT2D eigenvalue weighted by atomic mass is 9.95. The second-order valence-corrected chi connectivity index (χ2v) is 11.0. The average Bonchev–Trinajstić information content (AvgIpc) is 3.61. The largest absolute Gasteiger partial charge is 0.494 e. The lowest BCUT2D eigenvalue weighted by Crippen LogP contribution is -2.40. The molecular formula is C34H27N3O6S. The predicted octanol–water partition coefficient (Wildman–Crippen LogP) is 5.23. The number of rotatable bonds is 8. The van der Waals surface area contributed by atoms with Gasteiger partial charge in [-0.05, 0) is 61.9 Å². The van der Waals surface area contributed by atoms with Gasteiger partial charge in [-0.25, -0.2) is 9.79 Å². The highest BCUT2D eigenvalue weighted by Crippen LogP contribution is 2.32. The number of amides is 1. The Bertz CT molecular complexity index is 2090. The number of fused-ring (bicyclic) bond motifs is 1. The van der Waals surface area contributed by atoms with Crippen LogP contribution in [0.5, 0.6) is 5.75 Å². The molecule has 0 saturated heterocycles. The summed E-state index contributed by atoms with van der Waals surface area (Å²) in [5, 5.41) is 12.5.